The summed E-state index contributed by atoms with van der Waals surface area (Å²) >= 11 is 0. The summed E-state index contributed by atoms with van der Waals surface area (Å²) in [4.78, 5) is 7.92. The molecule has 18 heavy (non-hydrogen) atoms. The van der Waals surface area contributed by atoms with Gasteiger partial charge in [-0.15, -0.1) is 0 Å². The van der Waals surface area contributed by atoms with Crippen LogP contribution in [-0.2, 0) is 11.2 Å². The van der Waals surface area contributed by atoms with Crippen molar-refractivity contribution < 1.29 is 9.47 Å². The molecular weight excluding hydrogens is 230 g/mol. The van der Waals surface area contributed by atoms with E-state index in [1.807, 2.05) is 24.3 Å². The Morgan fingerprint density at radius 1 is 1.17 bits per heavy atom. The summed E-state index contributed by atoms with van der Waals surface area (Å²) in [7, 11) is 1.69. The second kappa shape index (κ2) is 5.97. The van der Waals surface area contributed by atoms with Gasteiger partial charge in [0.25, 0.3) is 0 Å². The summed E-state index contributed by atoms with van der Waals surface area (Å²) in [5.41, 5.74) is 6.72. The van der Waals surface area contributed by atoms with Gasteiger partial charge in [-0.25, -0.2) is 0 Å². The van der Waals surface area contributed by atoms with E-state index < -0.39 is 0 Å². The van der Waals surface area contributed by atoms with E-state index in [1.54, 1.807) is 7.11 Å². The molecular formula is C13H15N3O2. The van der Waals surface area contributed by atoms with E-state index in [0.29, 0.717) is 24.1 Å². The number of nitrogens with two attached hydrogens (primary N) is 1. The normalized spacial score (nSPS) is 10.3. The fraction of sp³-hybridized carbons (Fsp3) is 0.231. The quantitative estimate of drug-likeness (QED) is 0.872. The van der Waals surface area contributed by atoms with E-state index in [1.165, 1.54) is 18.0 Å². The smallest absolute Gasteiger partial charge is 0.239 e. The summed E-state index contributed by atoms with van der Waals surface area (Å²) in [5, 5.41) is 0. The van der Waals surface area contributed by atoms with Crippen molar-refractivity contribution in [3.05, 3.63) is 42.2 Å². The molecule has 0 fully saturated rings. The molecule has 0 saturated carbocycles. The van der Waals surface area contributed by atoms with Crippen LogP contribution in [0.4, 0.5) is 5.82 Å². The van der Waals surface area contributed by atoms with Crippen LogP contribution in [0.1, 0.15) is 5.56 Å². The molecule has 1 aromatic heterocycles. The van der Waals surface area contributed by atoms with Crippen molar-refractivity contribution in [2.75, 3.05) is 19.5 Å². The van der Waals surface area contributed by atoms with Gasteiger partial charge in [0.2, 0.25) is 5.88 Å². The summed E-state index contributed by atoms with van der Waals surface area (Å²) in [5.74, 6) is 1.43. The van der Waals surface area contributed by atoms with Gasteiger partial charge in [0.05, 0.1) is 19.0 Å². The van der Waals surface area contributed by atoms with Crippen LogP contribution in [0.25, 0.3) is 0 Å². The first-order valence-electron chi connectivity index (χ1n) is 5.61. The highest BCUT2D eigenvalue weighted by Gasteiger charge is 2.00. The molecule has 94 valence electrons. The van der Waals surface area contributed by atoms with E-state index >= 15 is 0 Å². The molecule has 5 nitrogen and oxygen atoms in total. The number of nitrogens with zero attached hydrogens (tertiary/aromatic N) is 2. The van der Waals surface area contributed by atoms with Gasteiger partial charge in [0.1, 0.15) is 11.6 Å². The fourth-order valence-corrected chi connectivity index (χ4v) is 1.48. The van der Waals surface area contributed by atoms with Crippen molar-refractivity contribution in [2.24, 2.45) is 0 Å². The molecule has 0 atom stereocenters. The largest absolute Gasteiger partial charge is 0.437 e. The van der Waals surface area contributed by atoms with Crippen LogP contribution in [-0.4, -0.2) is 23.7 Å². The van der Waals surface area contributed by atoms with E-state index in [9.17, 15) is 0 Å². The van der Waals surface area contributed by atoms with Crippen molar-refractivity contribution in [1.82, 2.24) is 9.97 Å². The molecule has 0 radical (unpaired) electrons. The van der Waals surface area contributed by atoms with Gasteiger partial charge < -0.3 is 15.2 Å². The molecule has 0 saturated heterocycles. The van der Waals surface area contributed by atoms with Crippen LogP contribution in [0.5, 0.6) is 11.6 Å². The van der Waals surface area contributed by atoms with Crippen molar-refractivity contribution in [3.63, 3.8) is 0 Å². The first-order valence-corrected chi connectivity index (χ1v) is 5.61. The van der Waals surface area contributed by atoms with E-state index in [4.69, 9.17) is 15.2 Å². The Morgan fingerprint density at radius 3 is 2.61 bits per heavy atom. The lowest BCUT2D eigenvalue weighted by Crippen LogP contribution is -1.96. The number of rotatable bonds is 5. The predicted molar refractivity (Wildman–Crippen MR) is 68.5 cm³/mol. The third-order valence-electron chi connectivity index (χ3n) is 2.37. The standard InChI is InChI=1S/C13H15N3O2/c1-17-7-6-10-2-4-11(5-3-10)18-13-9-15-8-12(14)16-13/h2-5,8-9H,6-7H2,1H3,(H2,14,16). The highest BCUT2D eigenvalue weighted by Crippen LogP contribution is 2.19. The molecule has 1 aromatic carbocycles. The predicted octanol–water partition coefficient (Wildman–Crippen LogP) is 2.04. The number of hydrogen-bond acceptors (Lipinski definition) is 5. The Morgan fingerprint density at radius 2 is 1.94 bits per heavy atom. The van der Waals surface area contributed by atoms with Crippen molar-refractivity contribution >= 4 is 5.82 Å². The molecule has 0 aliphatic rings. The Labute approximate surface area is 106 Å². The zero-order valence-corrected chi connectivity index (χ0v) is 10.2. The van der Waals surface area contributed by atoms with Crippen LogP contribution in [0, 0.1) is 0 Å². The molecule has 0 aliphatic heterocycles. The number of aromatic nitrogens is 2. The number of benzene rings is 1. The Kier molecular flexibility index (Phi) is 4.09. The Hall–Kier alpha value is -2.14. The minimum absolute atomic E-state index is 0.337. The topological polar surface area (TPSA) is 70.3 Å². The molecule has 0 spiro atoms. The summed E-state index contributed by atoms with van der Waals surface area (Å²) in [6, 6.07) is 7.76. The SMILES string of the molecule is COCCc1ccc(Oc2cncc(N)n2)cc1. The van der Waals surface area contributed by atoms with Crippen LogP contribution < -0.4 is 10.5 Å². The first kappa shape index (κ1) is 12.3. The summed E-state index contributed by atoms with van der Waals surface area (Å²) in [6.45, 7) is 0.709. The average Bonchev–Trinajstić information content (AvgIpc) is 2.38. The van der Waals surface area contributed by atoms with Crippen LogP contribution >= 0.6 is 0 Å². The van der Waals surface area contributed by atoms with Gasteiger partial charge in [-0.2, -0.15) is 4.98 Å². The molecule has 2 N–H and O–H groups in total. The van der Waals surface area contributed by atoms with Gasteiger partial charge in [-0.1, -0.05) is 12.1 Å². The molecule has 0 aliphatic carbocycles. The maximum absolute atomic E-state index is 5.53. The molecule has 0 unspecified atom stereocenters. The minimum Gasteiger partial charge on any atom is -0.437 e. The van der Waals surface area contributed by atoms with Crippen LogP contribution in [0.3, 0.4) is 0 Å². The van der Waals surface area contributed by atoms with Crippen LogP contribution in [0.2, 0.25) is 0 Å². The van der Waals surface area contributed by atoms with Gasteiger partial charge in [0.15, 0.2) is 0 Å². The van der Waals surface area contributed by atoms with Gasteiger partial charge in [0, 0.05) is 7.11 Å². The lowest BCUT2D eigenvalue weighted by Gasteiger charge is -2.06. The third kappa shape index (κ3) is 3.43. The number of ether oxygens (including phenoxy) is 2. The average molecular weight is 245 g/mol. The monoisotopic (exact) mass is 245 g/mol. The summed E-state index contributed by atoms with van der Waals surface area (Å²) in [6.07, 6.45) is 3.88. The molecule has 0 amide bonds. The fourth-order valence-electron chi connectivity index (χ4n) is 1.48. The minimum atomic E-state index is 0.337. The van der Waals surface area contributed by atoms with E-state index in [0.717, 1.165) is 6.42 Å². The zero-order chi connectivity index (χ0) is 12.8. The molecule has 2 rings (SSSR count). The first-order chi connectivity index (χ1) is 8.78. The lowest BCUT2D eigenvalue weighted by molar-refractivity contribution is 0.202. The van der Waals surface area contributed by atoms with Gasteiger partial charge in [-0.3, -0.25) is 4.98 Å². The van der Waals surface area contributed by atoms with Crippen molar-refractivity contribution in [2.45, 2.75) is 6.42 Å². The Balaban J connectivity index is 2.02. The molecule has 1 heterocycles. The number of nitrogen functional groups attached to an aromatic ring is 1. The maximum atomic E-state index is 5.53. The maximum Gasteiger partial charge on any atom is 0.239 e. The van der Waals surface area contributed by atoms with E-state index in [2.05, 4.69) is 9.97 Å². The second-order valence-corrected chi connectivity index (χ2v) is 3.77. The highest BCUT2D eigenvalue weighted by molar-refractivity contribution is 5.32. The zero-order valence-electron chi connectivity index (χ0n) is 10.2. The highest BCUT2D eigenvalue weighted by atomic mass is 16.5. The third-order valence-corrected chi connectivity index (χ3v) is 2.37. The van der Waals surface area contributed by atoms with Crippen molar-refractivity contribution in [3.8, 4) is 11.6 Å². The molecule has 2 aromatic rings. The number of hydrogen-bond donors (Lipinski definition) is 1. The van der Waals surface area contributed by atoms with E-state index in [-0.39, 0.29) is 0 Å². The van der Waals surface area contributed by atoms with Crippen LogP contribution in [0.15, 0.2) is 36.7 Å². The number of anilines is 1. The van der Waals surface area contributed by atoms with Crippen molar-refractivity contribution in [1.29, 1.82) is 0 Å². The van der Waals surface area contributed by atoms with Gasteiger partial charge in [-0.05, 0) is 24.1 Å². The summed E-state index contributed by atoms with van der Waals surface area (Å²) < 4.78 is 10.6. The molecule has 0 bridgehead atoms. The Bertz CT molecular complexity index is 500. The van der Waals surface area contributed by atoms with Gasteiger partial charge >= 0.3 is 0 Å². The second-order valence-electron chi connectivity index (χ2n) is 3.77. The molecule has 5 heteroatoms. The lowest BCUT2D eigenvalue weighted by atomic mass is 10.1. The number of methoxy groups -OCH3 is 1.